The van der Waals surface area contributed by atoms with Crippen molar-refractivity contribution in [3.05, 3.63) is 66.1 Å². The van der Waals surface area contributed by atoms with E-state index in [1.54, 1.807) is 0 Å². The first-order chi connectivity index (χ1) is 13.3. The topological polar surface area (TPSA) is 38.7 Å². The molecule has 3 heteroatoms. The zero-order valence-corrected chi connectivity index (χ0v) is 16.5. The second-order valence-corrected chi connectivity index (χ2v) is 7.10. The maximum atomic E-state index is 4.62. The molecule has 0 radical (unpaired) electrons. The van der Waals surface area contributed by atoms with E-state index in [4.69, 9.17) is 0 Å². The van der Waals surface area contributed by atoms with Gasteiger partial charge >= 0.3 is 0 Å². The minimum Gasteiger partial charge on any atom is -0.255 e. The van der Waals surface area contributed by atoms with Crippen LogP contribution in [0.2, 0.25) is 0 Å². The van der Waals surface area contributed by atoms with Gasteiger partial charge in [-0.05, 0) is 48.9 Å². The monoisotopic (exact) mass is 359 g/mol. The third-order valence-electron chi connectivity index (χ3n) is 4.86. The van der Waals surface area contributed by atoms with Gasteiger partial charge in [-0.15, -0.1) is 0 Å². The lowest BCUT2D eigenvalue weighted by molar-refractivity contribution is 0.714. The fourth-order valence-electron chi connectivity index (χ4n) is 3.13. The first kappa shape index (κ1) is 19.2. The molecule has 3 aromatic rings. The summed E-state index contributed by atoms with van der Waals surface area (Å²) in [7, 11) is 0. The Bertz CT molecular complexity index is 806. The fraction of sp³-hybridized carbons (Fsp3) is 0.375. The van der Waals surface area contributed by atoms with Gasteiger partial charge in [0.15, 0.2) is 5.82 Å². The van der Waals surface area contributed by atoms with Crippen LogP contribution in [0, 0.1) is 0 Å². The normalized spacial score (nSPS) is 10.9. The van der Waals surface area contributed by atoms with Crippen molar-refractivity contribution in [3.8, 4) is 22.6 Å². The van der Waals surface area contributed by atoms with E-state index in [1.807, 2.05) is 18.6 Å². The third-order valence-corrected chi connectivity index (χ3v) is 4.86. The van der Waals surface area contributed by atoms with Crippen LogP contribution in [0.25, 0.3) is 22.6 Å². The summed E-state index contributed by atoms with van der Waals surface area (Å²) in [4.78, 5) is 13.7. The summed E-state index contributed by atoms with van der Waals surface area (Å²) < 4.78 is 0. The number of rotatable bonds is 9. The summed E-state index contributed by atoms with van der Waals surface area (Å²) in [6, 6.07) is 12.8. The highest BCUT2D eigenvalue weighted by Gasteiger charge is 2.05. The van der Waals surface area contributed by atoms with Crippen LogP contribution in [-0.4, -0.2) is 15.0 Å². The molecule has 0 amide bonds. The van der Waals surface area contributed by atoms with E-state index >= 15 is 0 Å². The van der Waals surface area contributed by atoms with E-state index in [0.29, 0.717) is 0 Å². The number of nitrogens with zero attached hydrogens (tertiary/aromatic N) is 3. The second kappa shape index (κ2) is 9.96. The molecule has 0 spiro atoms. The molecule has 0 atom stereocenters. The number of aryl methyl sites for hydroxylation is 2. The molecular weight excluding hydrogens is 330 g/mol. The van der Waals surface area contributed by atoms with Crippen molar-refractivity contribution < 1.29 is 0 Å². The van der Waals surface area contributed by atoms with Gasteiger partial charge in [0.05, 0.1) is 5.69 Å². The first-order valence-electron chi connectivity index (χ1n) is 10.2. The van der Waals surface area contributed by atoms with E-state index in [-0.39, 0.29) is 0 Å². The van der Waals surface area contributed by atoms with Crippen LogP contribution in [0.3, 0.4) is 0 Å². The van der Waals surface area contributed by atoms with Crippen molar-refractivity contribution in [2.75, 3.05) is 0 Å². The lowest BCUT2D eigenvalue weighted by Gasteiger charge is -2.06. The van der Waals surface area contributed by atoms with Crippen molar-refractivity contribution in [1.29, 1.82) is 0 Å². The fourth-order valence-corrected chi connectivity index (χ4v) is 3.13. The number of unbranched alkanes of at least 4 members (excludes halogenated alkanes) is 3. The number of hydrogen-bond acceptors (Lipinski definition) is 3. The number of hydrogen-bond donors (Lipinski definition) is 0. The van der Waals surface area contributed by atoms with E-state index in [1.165, 1.54) is 43.2 Å². The molecule has 27 heavy (non-hydrogen) atoms. The summed E-state index contributed by atoms with van der Waals surface area (Å²) in [5.74, 6) is 0.739. The van der Waals surface area contributed by atoms with E-state index in [2.05, 4.69) is 65.2 Å². The molecule has 3 rings (SSSR count). The summed E-state index contributed by atoms with van der Waals surface area (Å²) in [5, 5.41) is 0. The first-order valence-corrected chi connectivity index (χ1v) is 10.2. The molecule has 0 unspecified atom stereocenters. The maximum absolute atomic E-state index is 4.62. The number of benzene rings is 1. The van der Waals surface area contributed by atoms with Crippen LogP contribution in [0.1, 0.15) is 57.1 Å². The molecule has 0 fully saturated rings. The molecule has 0 N–H and O–H groups in total. The van der Waals surface area contributed by atoms with Crippen molar-refractivity contribution in [1.82, 2.24) is 15.0 Å². The summed E-state index contributed by atoms with van der Waals surface area (Å²) in [5.41, 5.74) is 5.69. The van der Waals surface area contributed by atoms with Gasteiger partial charge < -0.3 is 0 Å². The average molecular weight is 360 g/mol. The highest BCUT2D eigenvalue weighted by atomic mass is 14.9. The molecule has 0 aliphatic heterocycles. The zero-order chi connectivity index (χ0) is 18.9. The van der Waals surface area contributed by atoms with E-state index in [9.17, 15) is 0 Å². The lowest BCUT2D eigenvalue weighted by atomic mass is 10.0. The summed E-state index contributed by atoms with van der Waals surface area (Å²) in [6.07, 6.45) is 14.1. The summed E-state index contributed by atoms with van der Waals surface area (Å²) in [6.45, 7) is 4.45. The van der Waals surface area contributed by atoms with Gasteiger partial charge in [-0.1, -0.05) is 57.4 Å². The molecule has 0 saturated heterocycles. The minimum atomic E-state index is 0.739. The van der Waals surface area contributed by atoms with Gasteiger partial charge in [0, 0.05) is 29.7 Å². The molecule has 1 aromatic carbocycles. The molecule has 3 nitrogen and oxygen atoms in total. The van der Waals surface area contributed by atoms with E-state index in [0.717, 1.165) is 35.5 Å². The Morgan fingerprint density at radius 2 is 1.26 bits per heavy atom. The summed E-state index contributed by atoms with van der Waals surface area (Å²) >= 11 is 0. The van der Waals surface area contributed by atoms with Gasteiger partial charge in [-0.25, -0.2) is 9.97 Å². The molecule has 0 aliphatic rings. The predicted octanol–water partition coefficient (Wildman–Crippen LogP) is 6.28. The smallest absolute Gasteiger partial charge is 0.160 e. The van der Waals surface area contributed by atoms with Gasteiger partial charge in [0.1, 0.15) is 0 Å². The molecule has 140 valence electrons. The molecule has 2 heterocycles. The Balaban J connectivity index is 1.66. The van der Waals surface area contributed by atoms with Gasteiger partial charge in [-0.3, -0.25) is 4.98 Å². The van der Waals surface area contributed by atoms with Crippen LogP contribution in [0.15, 0.2) is 55.0 Å². The van der Waals surface area contributed by atoms with Crippen molar-refractivity contribution in [2.24, 2.45) is 0 Å². The Morgan fingerprint density at radius 3 is 1.89 bits per heavy atom. The molecule has 0 bridgehead atoms. The predicted molar refractivity (Wildman–Crippen MR) is 113 cm³/mol. The second-order valence-electron chi connectivity index (χ2n) is 7.10. The maximum Gasteiger partial charge on any atom is 0.160 e. The molecule has 0 saturated carbocycles. The molecule has 2 aromatic heterocycles. The quantitative estimate of drug-likeness (QED) is 0.422. The van der Waals surface area contributed by atoms with Crippen molar-refractivity contribution >= 4 is 0 Å². The van der Waals surface area contributed by atoms with Crippen LogP contribution >= 0.6 is 0 Å². The number of pyridine rings is 1. The van der Waals surface area contributed by atoms with Crippen LogP contribution in [0.5, 0.6) is 0 Å². The van der Waals surface area contributed by atoms with E-state index < -0.39 is 0 Å². The zero-order valence-electron chi connectivity index (χ0n) is 16.5. The van der Waals surface area contributed by atoms with Crippen molar-refractivity contribution in [3.63, 3.8) is 0 Å². The third kappa shape index (κ3) is 5.46. The van der Waals surface area contributed by atoms with Crippen LogP contribution in [0.4, 0.5) is 0 Å². The Kier molecular flexibility index (Phi) is 7.09. The van der Waals surface area contributed by atoms with Gasteiger partial charge in [0.2, 0.25) is 0 Å². The van der Waals surface area contributed by atoms with Gasteiger partial charge in [0.25, 0.3) is 0 Å². The molecule has 0 aliphatic carbocycles. The lowest BCUT2D eigenvalue weighted by Crippen LogP contribution is -1.94. The van der Waals surface area contributed by atoms with Crippen LogP contribution in [-0.2, 0) is 12.8 Å². The van der Waals surface area contributed by atoms with Gasteiger partial charge in [-0.2, -0.15) is 0 Å². The van der Waals surface area contributed by atoms with Crippen molar-refractivity contribution in [2.45, 2.75) is 58.8 Å². The van der Waals surface area contributed by atoms with Crippen LogP contribution < -0.4 is 0 Å². The Morgan fingerprint density at radius 1 is 0.593 bits per heavy atom. The Hall–Kier alpha value is -2.55. The standard InChI is InChI=1S/C24H29N3/c1-3-5-7-9-20-16-26-24(27-17-20)22-14-15-23(25-18-22)21-12-10-19(11-13-21)8-6-4-2/h10-18H,3-9H2,1-2H3. The highest BCUT2D eigenvalue weighted by Crippen LogP contribution is 2.21. The largest absolute Gasteiger partial charge is 0.255 e. The minimum absolute atomic E-state index is 0.739. The number of aromatic nitrogens is 3. The Labute approximate surface area is 162 Å². The SMILES string of the molecule is CCCCCc1cnc(-c2ccc(-c3ccc(CCCC)cc3)nc2)nc1. The molecular formula is C24H29N3. The highest BCUT2D eigenvalue weighted by molar-refractivity contribution is 5.63. The average Bonchev–Trinajstić information content (AvgIpc) is 2.73.